The number of para-hydroxylation sites is 1. The molecular formula is C12H17NO. The minimum absolute atomic E-state index is 0.354. The number of rotatable bonds is 4. The van der Waals surface area contributed by atoms with Crippen LogP contribution in [0.2, 0.25) is 0 Å². The summed E-state index contributed by atoms with van der Waals surface area (Å²) in [6.07, 6.45) is 1.64. The van der Waals surface area contributed by atoms with E-state index in [9.17, 15) is 5.11 Å². The number of nitrogens with one attached hydrogen (secondary N) is 1. The van der Waals surface area contributed by atoms with Crippen LogP contribution >= 0.6 is 0 Å². The van der Waals surface area contributed by atoms with Gasteiger partial charge >= 0.3 is 0 Å². The second-order valence-corrected chi connectivity index (χ2v) is 3.37. The van der Waals surface area contributed by atoms with Crippen LogP contribution in [0, 0.1) is 0 Å². The summed E-state index contributed by atoms with van der Waals surface area (Å²) < 4.78 is 0. The van der Waals surface area contributed by atoms with Gasteiger partial charge in [-0.3, -0.25) is 0 Å². The van der Waals surface area contributed by atoms with Crippen LogP contribution in [0.4, 0.5) is 5.69 Å². The third-order valence-corrected chi connectivity index (χ3v) is 2.16. The fourth-order valence-corrected chi connectivity index (χ4v) is 1.06. The van der Waals surface area contributed by atoms with Crippen LogP contribution in [0.1, 0.15) is 13.8 Å². The number of hydrogen-bond acceptors (Lipinski definition) is 2. The van der Waals surface area contributed by atoms with Crippen molar-refractivity contribution in [3.05, 3.63) is 42.0 Å². The van der Waals surface area contributed by atoms with Crippen molar-refractivity contribution in [2.24, 2.45) is 0 Å². The van der Waals surface area contributed by atoms with Gasteiger partial charge in [0.25, 0.3) is 0 Å². The molecule has 1 aromatic rings. The molecular weight excluding hydrogens is 174 g/mol. The molecule has 0 unspecified atom stereocenters. The van der Waals surface area contributed by atoms with Gasteiger partial charge < -0.3 is 10.4 Å². The summed E-state index contributed by atoms with van der Waals surface area (Å²) >= 11 is 0. The second kappa shape index (κ2) is 5.45. The quantitative estimate of drug-likeness (QED) is 0.716. The summed E-state index contributed by atoms with van der Waals surface area (Å²) in [5.41, 5.74) is 2.09. The number of aliphatic hydroxyl groups is 1. The SMILES string of the molecule is C/C(=C/CNc1ccccc1)[C@@H](C)O. The van der Waals surface area contributed by atoms with Crippen LogP contribution in [0.3, 0.4) is 0 Å². The first-order chi connectivity index (χ1) is 6.70. The Bertz CT molecular complexity index is 290. The number of benzene rings is 1. The fourth-order valence-electron chi connectivity index (χ4n) is 1.06. The molecule has 0 saturated heterocycles. The first-order valence-corrected chi connectivity index (χ1v) is 4.84. The fraction of sp³-hybridized carbons (Fsp3) is 0.333. The molecule has 0 saturated carbocycles. The Kier molecular flexibility index (Phi) is 4.20. The first kappa shape index (κ1) is 10.8. The highest BCUT2D eigenvalue weighted by Crippen LogP contribution is 2.05. The largest absolute Gasteiger partial charge is 0.389 e. The molecule has 1 atom stereocenters. The summed E-state index contributed by atoms with van der Waals surface area (Å²) in [6, 6.07) is 10.0. The molecule has 0 heterocycles. The molecule has 0 spiro atoms. The predicted octanol–water partition coefficient (Wildman–Crippen LogP) is 2.43. The summed E-state index contributed by atoms with van der Waals surface area (Å²) in [7, 11) is 0. The number of anilines is 1. The minimum atomic E-state index is -0.354. The zero-order chi connectivity index (χ0) is 10.4. The molecule has 0 amide bonds. The summed E-state index contributed by atoms with van der Waals surface area (Å²) in [6.45, 7) is 4.45. The predicted molar refractivity (Wildman–Crippen MR) is 60.4 cm³/mol. The molecule has 0 aliphatic heterocycles. The van der Waals surface area contributed by atoms with Gasteiger partial charge in [0, 0.05) is 12.2 Å². The third kappa shape index (κ3) is 3.62. The van der Waals surface area contributed by atoms with E-state index in [1.807, 2.05) is 43.3 Å². The normalized spacial score (nSPS) is 13.8. The Morgan fingerprint density at radius 2 is 2.07 bits per heavy atom. The topological polar surface area (TPSA) is 32.3 Å². The average molecular weight is 191 g/mol. The van der Waals surface area contributed by atoms with Crippen LogP contribution in [0.25, 0.3) is 0 Å². The highest BCUT2D eigenvalue weighted by molar-refractivity contribution is 5.43. The van der Waals surface area contributed by atoms with E-state index in [2.05, 4.69) is 5.32 Å². The lowest BCUT2D eigenvalue weighted by Crippen LogP contribution is -2.05. The zero-order valence-corrected chi connectivity index (χ0v) is 8.70. The summed E-state index contributed by atoms with van der Waals surface area (Å²) in [4.78, 5) is 0. The molecule has 0 aliphatic rings. The van der Waals surface area contributed by atoms with Crippen molar-refractivity contribution in [1.82, 2.24) is 0 Å². The zero-order valence-electron chi connectivity index (χ0n) is 8.70. The summed E-state index contributed by atoms with van der Waals surface area (Å²) in [5.74, 6) is 0. The van der Waals surface area contributed by atoms with E-state index < -0.39 is 0 Å². The van der Waals surface area contributed by atoms with Gasteiger partial charge in [-0.25, -0.2) is 0 Å². The maximum absolute atomic E-state index is 9.22. The van der Waals surface area contributed by atoms with Crippen molar-refractivity contribution in [2.45, 2.75) is 20.0 Å². The van der Waals surface area contributed by atoms with Gasteiger partial charge in [-0.05, 0) is 31.6 Å². The maximum Gasteiger partial charge on any atom is 0.0719 e. The Morgan fingerprint density at radius 3 is 2.64 bits per heavy atom. The number of aliphatic hydroxyl groups excluding tert-OH is 1. The monoisotopic (exact) mass is 191 g/mol. The Morgan fingerprint density at radius 1 is 1.43 bits per heavy atom. The van der Waals surface area contributed by atoms with E-state index in [1.54, 1.807) is 6.92 Å². The van der Waals surface area contributed by atoms with E-state index in [0.29, 0.717) is 0 Å². The molecule has 0 radical (unpaired) electrons. The van der Waals surface area contributed by atoms with Crippen LogP contribution in [0.5, 0.6) is 0 Å². The molecule has 0 aromatic heterocycles. The van der Waals surface area contributed by atoms with Gasteiger partial charge in [0.1, 0.15) is 0 Å². The van der Waals surface area contributed by atoms with Gasteiger partial charge in [-0.1, -0.05) is 24.3 Å². The van der Waals surface area contributed by atoms with Crippen LogP contribution in [-0.4, -0.2) is 17.8 Å². The van der Waals surface area contributed by atoms with Gasteiger partial charge in [-0.15, -0.1) is 0 Å². The Balaban J connectivity index is 2.39. The maximum atomic E-state index is 9.22. The minimum Gasteiger partial charge on any atom is -0.389 e. The molecule has 0 bridgehead atoms. The molecule has 76 valence electrons. The van der Waals surface area contributed by atoms with Crippen LogP contribution in [-0.2, 0) is 0 Å². The average Bonchev–Trinajstić information content (AvgIpc) is 2.19. The smallest absolute Gasteiger partial charge is 0.0719 e. The van der Waals surface area contributed by atoms with Crippen LogP contribution in [0.15, 0.2) is 42.0 Å². The van der Waals surface area contributed by atoms with E-state index in [0.717, 1.165) is 17.8 Å². The molecule has 1 aromatic carbocycles. The third-order valence-electron chi connectivity index (χ3n) is 2.16. The standard InChI is InChI=1S/C12H17NO/c1-10(11(2)14)8-9-13-12-6-4-3-5-7-12/h3-8,11,13-14H,9H2,1-2H3/b10-8-/t11-/m1/s1. The number of hydrogen-bond donors (Lipinski definition) is 2. The molecule has 2 N–H and O–H groups in total. The van der Waals surface area contributed by atoms with Crippen molar-refractivity contribution in [3.63, 3.8) is 0 Å². The highest BCUT2D eigenvalue weighted by Gasteiger charge is 1.95. The molecule has 2 nitrogen and oxygen atoms in total. The first-order valence-electron chi connectivity index (χ1n) is 4.84. The Hall–Kier alpha value is -1.28. The van der Waals surface area contributed by atoms with Crippen LogP contribution < -0.4 is 5.32 Å². The molecule has 2 heteroatoms. The van der Waals surface area contributed by atoms with E-state index >= 15 is 0 Å². The lowest BCUT2D eigenvalue weighted by atomic mass is 10.2. The second-order valence-electron chi connectivity index (χ2n) is 3.37. The van der Waals surface area contributed by atoms with E-state index in [4.69, 9.17) is 0 Å². The molecule has 14 heavy (non-hydrogen) atoms. The highest BCUT2D eigenvalue weighted by atomic mass is 16.3. The van der Waals surface area contributed by atoms with Gasteiger partial charge in [0.15, 0.2) is 0 Å². The van der Waals surface area contributed by atoms with Crippen molar-refractivity contribution < 1.29 is 5.11 Å². The van der Waals surface area contributed by atoms with Gasteiger partial charge in [0.2, 0.25) is 0 Å². The lowest BCUT2D eigenvalue weighted by molar-refractivity contribution is 0.231. The van der Waals surface area contributed by atoms with Crippen molar-refractivity contribution >= 4 is 5.69 Å². The van der Waals surface area contributed by atoms with Crippen molar-refractivity contribution in [3.8, 4) is 0 Å². The van der Waals surface area contributed by atoms with Crippen molar-refractivity contribution in [2.75, 3.05) is 11.9 Å². The molecule has 0 aliphatic carbocycles. The van der Waals surface area contributed by atoms with E-state index in [-0.39, 0.29) is 6.10 Å². The Labute approximate surface area is 85.3 Å². The lowest BCUT2D eigenvalue weighted by Gasteiger charge is -2.06. The van der Waals surface area contributed by atoms with Crippen molar-refractivity contribution in [1.29, 1.82) is 0 Å². The van der Waals surface area contributed by atoms with Gasteiger partial charge in [0.05, 0.1) is 6.10 Å². The van der Waals surface area contributed by atoms with Gasteiger partial charge in [-0.2, -0.15) is 0 Å². The molecule has 0 fully saturated rings. The van der Waals surface area contributed by atoms with E-state index in [1.165, 1.54) is 0 Å². The summed E-state index contributed by atoms with van der Waals surface area (Å²) in [5, 5.41) is 12.5. The molecule has 1 rings (SSSR count).